The van der Waals surface area contributed by atoms with Crippen LogP contribution in [0.4, 0.5) is 0 Å². The molecule has 2 atom stereocenters. The highest BCUT2D eigenvalue weighted by atomic mass is 16.5. The van der Waals surface area contributed by atoms with Gasteiger partial charge in [-0.15, -0.1) is 0 Å². The molecule has 2 heteroatoms. The molecule has 0 aliphatic carbocycles. The van der Waals surface area contributed by atoms with Crippen molar-refractivity contribution in [2.24, 2.45) is 5.41 Å². The lowest BCUT2D eigenvalue weighted by Gasteiger charge is -2.26. The fourth-order valence-electron chi connectivity index (χ4n) is 1.61. The van der Waals surface area contributed by atoms with E-state index in [-0.39, 0.29) is 17.6 Å². The first-order valence-electron chi connectivity index (χ1n) is 4.90. The topological polar surface area (TPSA) is 29.5 Å². The summed E-state index contributed by atoms with van der Waals surface area (Å²) in [5.41, 5.74) is 0.166. The van der Waals surface area contributed by atoms with Gasteiger partial charge in [0.15, 0.2) is 0 Å². The molecule has 0 fully saturated rings. The highest BCUT2D eigenvalue weighted by Crippen LogP contribution is 2.27. The zero-order chi connectivity index (χ0) is 10.1. The number of hydrogen-bond acceptors (Lipinski definition) is 2. The monoisotopic (exact) mass is 184 g/mol. The quantitative estimate of drug-likeness (QED) is 0.714. The Balaban J connectivity index is 2.38. The predicted molar refractivity (Wildman–Crippen MR) is 53.3 cm³/mol. The number of aliphatic hydroxyl groups is 1. The van der Waals surface area contributed by atoms with Crippen molar-refractivity contribution in [3.63, 3.8) is 0 Å². The van der Waals surface area contributed by atoms with Crippen LogP contribution in [0.5, 0.6) is 0 Å². The number of rotatable bonds is 2. The summed E-state index contributed by atoms with van der Waals surface area (Å²) in [6.45, 7) is 8.33. The normalized spacial score (nSPS) is 25.3. The molecule has 1 aliphatic heterocycles. The summed E-state index contributed by atoms with van der Waals surface area (Å²) in [4.78, 5) is 0. The molecule has 1 N–H and O–H groups in total. The van der Waals surface area contributed by atoms with Gasteiger partial charge in [-0.05, 0) is 24.8 Å². The molecule has 1 aliphatic rings. The third-order valence-corrected chi connectivity index (χ3v) is 2.23. The Kier molecular flexibility index (Phi) is 3.01. The molecule has 0 spiro atoms. The number of hydrogen-bond donors (Lipinski definition) is 1. The molecular formula is C11H20O2. The van der Waals surface area contributed by atoms with Crippen LogP contribution in [0.1, 0.15) is 40.5 Å². The van der Waals surface area contributed by atoms with Gasteiger partial charge in [0.2, 0.25) is 0 Å². The van der Waals surface area contributed by atoms with Gasteiger partial charge >= 0.3 is 0 Å². The fourth-order valence-corrected chi connectivity index (χ4v) is 1.61. The average molecular weight is 184 g/mol. The summed E-state index contributed by atoms with van der Waals surface area (Å²) >= 11 is 0. The first kappa shape index (κ1) is 10.6. The smallest absolute Gasteiger partial charge is 0.128 e. The highest BCUT2D eigenvalue weighted by Gasteiger charge is 2.27. The van der Waals surface area contributed by atoms with Crippen LogP contribution in [-0.2, 0) is 4.74 Å². The first-order chi connectivity index (χ1) is 5.88. The Labute approximate surface area is 80.6 Å². The Morgan fingerprint density at radius 1 is 1.62 bits per heavy atom. The maximum absolute atomic E-state index is 9.84. The lowest BCUT2D eigenvalue weighted by atomic mass is 9.87. The number of aliphatic hydroxyl groups excluding tert-OH is 1. The zero-order valence-corrected chi connectivity index (χ0v) is 9.00. The second kappa shape index (κ2) is 3.70. The van der Waals surface area contributed by atoms with Gasteiger partial charge < -0.3 is 9.84 Å². The predicted octanol–water partition coefficient (Wildman–Crippen LogP) is 2.48. The van der Waals surface area contributed by atoms with E-state index in [2.05, 4.69) is 20.8 Å². The SMILES string of the molecule is CC1=CCC(C(O)CC(C)(C)C)O1. The minimum Gasteiger partial charge on any atom is -0.492 e. The highest BCUT2D eigenvalue weighted by molar-refractivity contribution is 5.00. The molecule has 0 amide bonds. The fraction of sp³-hybridized carbons (Fsp3) is 0.818. The van der Waals surface area contributed by atoms with Crippen molar-refractivity contribution in [2.75, 3.05) is 0 Å². The lowest BCUT2D eigenvalue weighted by Crippen LogP contribution is -2.29. The first-order valence-corrected chi connectivity index (χ1v) is 4.90. The van der Waals surface area contributed by atoms with E-state index in [1.54, 1.807) is 0 Å². The number of ether oxygens (including phenoxy) is 1. The molecule has 0 aromatic heterocycles. The molecule has 76 valence electrons. The molecule has 1 rings (SSSR count). The van der Waals surface area contributed by atoms with Gasteiger partial charge in [-0.1, -0.05) is 20.8 Å². The van der Waals surface area contributed by atoms with Crippen LogP contribution in [0.3, 0.4) is 0 Å². The number of allylic oxidation sites excluding steroid dienone is 1. The molecule has 2 unspecified atom stereocenters. The van der Waals surface area contributed by atoms with Crippen molar-refractivity contribution in [2.45, 2.75) is 52.7 Å². The van der Waals surface area contributed by atoms with Crippen LogP contribution in [0.25, 0.3) is 0 Å². The molecule has 0 radical (unpaired) electrons. The van der Waals surface area contributed by atoms with E-state index < -0.39 is 0 Å². The summed E-state index contributed by atoms with van der Waals surface area (Å²) in [6.07, 6.45) is 3.33. The molecule has 0 bridgehead atoms. The Bertz CT molecular complexity index is 201. The van der Waals surface area contributed by atoms with Crippen molar-refractivity contribution >= 4 is 0 Å². The van der Waals surface area contributed by atoms with Crippen molar-refractivity contribution in [1.29, 1.82) is 0 Å². The van der Waals surface area contributed by atoms with Gasteiger partial charge in [-0.2, -0.15) is 0 Å². The molecule has 13 heavy (non-hydrogen) atoms. The minimum atomic E-state index is -0.339. The van der Waals surface area contributed by atoms with E-state index in [4.69, 9.17) is 4.74 Å². The largest absolute Gasteiger partial charge is 0.492 e. The molecule has 0 aromatic carbocycles. The third-order valence-electron chi connectivity index (χ3n) is 2.23. The van der Waals surface area contributed by atoms with Crippen LogP contribution in [0.2, 0.25) is 0 Å². The van der Waals surface area contributed by atoms with Gasteiger partial charge in [0, 0.05) is 6.42 Å². The average Bonchev–Trinajstić information content (AvgIpc) is 2.31. The van der Waals surface area contributed by atoms with E-state index in [0.717, 1.165) is 18.6 Å². The summed E-state index contributed by atoms with van der Waals surface area (Å²) in [5.74, 6) is 0.943. The standard InChI is InChI=1S/C11H20O2/c1-8-5-6-10(13-8)9(12)7-11(2,3)4/h5,9-10,12H,6-7H2,1-4H3. The van der Waals surface area contributed by atoms with E-state index in [1.165, 1.54) is 0 Å². The summed E-state index contributed by atoms with van der Waals surface area (Å²) in [5, 5.41) is 9.84. The summed E-state index contributed by atoms with van der Waals surface area (Å²) in [6, 6.07) is 0. The van der Waals surface area contributed by atoms with E-state index in [0.29, 0.717) is 0 Å². The van der Waals surface area contributed by atoms with Crippen molar-refractivity contribution in [3.05, 3.63) is 11.8 Å². The molecular weight excluding hydrogens is 164 g/mol. The van der Waals surface area contributed by atoms with Crippen LogP contribution < -0.4 is 0 Å². The van der Waals surface area contributed by atoms with E-state index in [9.17, 15) is 5.11 Å². The van der Waals surface area contributed by atoms with Gasteiger partial charge in [0.1, 0.15) is 6.10 Å². The summed E-state index contributed by atoms with van der Waals surface area (Å²) < 4.78 is 5.48. The Morgan fingerprint density at radius 3 is 2.62 bits per heavy atom. The minimum absolute atomic E-state index is 0.0146. The van der Waals surface area contributed by atoms with Crippen molar-refractivity contribution in [3.8, 4) is 0 Å². The van der Waals surface area contributed by atoms with Crippen molar-refractivity contribution in [1.82, 2.24) is 0 Å². The van der Waals surface area contributed by atoms with E-state index >= 15 is 0 Å². The Morgan fingerprint density at radius 2 is 2.23 bits per heavy atom. The molecule has 0 aromatic rings. The van der Waals surface area contributed by atoms with Crippen LogP contribution in [-0.4, -0.2) is 17.3 Å². The van der Waals surface area contributed by atoms with Gasteiger partial charge in [-0.25, -0.2) is 0 Å². The molecule has 0 saturated heterocycles. The van der Waals surface area contributed by atoms with Gasteiger partial charge in [0.05, 0.1) is 11.9 Å². The maximum Gasteiger partial charge on any atom is 0.128 e. The molecule has 0 saturated carbocycles. The second-order valence-electron chi connectivity index (χ2n) is 5.04. The maximum atomic E-state index is 9.84. The Hall–Kier alpha value is -0.500. The van der Waals surface area contributed by atoms with Gasteiger partial charge in [-0.3, -0.25) is 0 Å². The summed E-state index contributed by atoms with van der Waals surface area (Å²) in [7, 11) is 0. The second-order valence-corrected chi connectivity index (χ2v) is 5.04. The molecule has 2 nitrogen and oxygen atoms in total. The van der Waals surface area contributed by atoms with Gasteiger partial charge in [0.25, 0.3) is 0 Å². The third kappa shape index (κ3) is 3.39. The van der Waals surface area contributed by atoms with Crippen LogP contribution in [0, 0.1) is 5.41 Å². The lowest BCUT2D eigenvalue weighted by molar-refractivity contribution is -0.00839. The van der Waals surface area contributed by atoms with Crippen molar-refractivity contribution < 1.29 is 9.84 Å². The van der Waals surface area contributed by atoms with E-state index in [1.807, 2.05) is 13.0 Å². The zero-order valence-electron chi connectivity index (χ0n) is 9.00. The molecule has 1 heterocycles. The van der Waals surface area contributed by atoms with Crippen LogP contribution >= 0.6 is 0 Å². The van der Waals surface area contributed by atoms with Crippen LogP contribution in [0.15, 0.2) is 11.8 Å².